The summed E-state index contributed by atoms with van der Waals surface area (Å²) in [7, 11) is 0. The molecule has 112 valence electrons. The Labute approximate surface area is 116 Å². The van der Waals surface area contributed by atoms with Crippen molar-refractivity contribution in [1.82, 2.24) is 5.32 Å². The average molecular weight is 285 g/mol. The summed E-state index contributed by atoms with van der Waals surface area (Å²) >= 11 is 0. The number of benzene rings is 1. The normalized spacial score (nSPS) is 10.9. The molecule has 0 saturated heterocycles. The van der Waals surface area contributed by atoms with E-state index in [4.69, 9.17) is 15.3 Å². The molecule has 0 spiro atoms. The van der Waals surface area contributed by atoms with Gasteiger partial charge in [0.25, 0.3) is 0 Å². The number of aliphatic hydroxyl groups is 1. The highest BCUT2D eigenvalue weighted by Gasteiger charge is 2.01. The van der Waals surface area contributed by atoms with Gasteiger partial charge in [-0.2, -0.15) is 0 Å². The average Bonchev–Trinajstić information content (AvgIpc) is 2.34. The van der Waals surface area contributed by atoms with Crippen molar-refractivity contribution < 1.29 is 30.0 Å². The molecule has 0 fully saturated rings. The monoisotopic (exact) mass is 285 g/mol. The molecule has 1 atom stereocenters. The van der Waals surface area contributed by atoms with Gasteiger partial charge in [0, 0.05) is 13.5 Å². The highest BCUT2D eigenvalue weighted by molar-refractivity contribution is 5.72. The number of rotatable bonds is 4. The molecule has 1 amide bonds. The van der Waals surface area contributed by atoms with Crippen LogP contribution in [-0.2, 0) is 16.0 Å². The number of aliphatic hydroxyl groups excluding tert-OH is 1. The molecule has 1 rings (SSSR count). The Morgan fingerprint density at radius 3 is 2.20 bits per heavy atom. The molecule has 1 aromatic carbocycles. The number of carboxylic acid groups (broad SMARTS) is 1. The zero-order chi connectivity index (χ0) is 15.7. The van der Waals surface area contributed by atoms with Crippen LogP contribution in [0.2, 0.25) is 0 Å². The van der Waals surface area contributed by atoms with Crippen molar-refractivity contribution in [2.24, 2.45) is 0 Å². The summed E-state index contributed by atoms with van der Waals surface area (Å²) in [6.45, 7) is 3.18. The number of aromatic hydroxyl groups is 2. The molecule has 7 nitrogen and oxygen atoms in total. The minimum atomic E-state index is -1.23. The number of carboxylic acids is 1. The molecule has 0 radical (unpaired) electrons. The van der Waals surface area contributed by atoms with Crippen LogP contribution in [0.1, 0.15) is 19.4 Å². The number of hydrogen-bond acceptors (Lipinski definition) is 5. The molecule has 0 bridgehead atoms. The zero-order valence-corrected chi connectivity index (χ0v) is 11.3. The lowest BCUT2D eigenvalue weighted by Crippen LogP contribution is -2.22. The van der Waals surface area contributed by atoms with Crippen LogP contribution in [0, 0.1) is 0 Å². The van der Waals surface area contributed by atoms with Gasteiger partial charge >= 0.3 is 5.97 Å². The maximum absolute atomic E-state index is 10.6. The van der Waals surface area contributed by atoms with Crippen LogP contribution in [0.3, 0.4) is 0 Å². The van der Waals surface area contributed by atoms with Crippen LogP contribution < -0.4 is 5.32 Å². The van der Waals surface area contributed by atoms with Crippen molar-refractivity contribution in [3.8, 4) is 11.5 Å². The number of hydrogen-bond donors (Lipinski definition) is 5. The summed E-state index contributed by atoms with van der Waals surface area (Å²) in [6, 6.07) is 4.62. The van der Waals surface area contributed by atoms with Crippen LogP contribution in [0.4, 0.5) is 0 Å². The third-order valence-corrected chi connectivity index (χ3v) is 2.18. The van der Waals surface area contributed by atoms with E-state index in [0.29, 0.717) is 13.0 Å². The molecule has 7 heteroatoms. The van der Waals surface area contributed by atoms with Crippen molar-refractivity contribution in [3.05, 3.63) is 23.8 Å². The molecule has 1 aromatic rings. The summed E-state index contributed by atoms with van der Waals surface area (Å²) in [6.07, 6.45) is -0.599. The fraction of sp³-hybridized carbons (Fsp3) is 0.385. The van der Waals surface area contributed by atoms with Gasteiger partial charge in [0.15, 0.2) is 11.5 Å². The predicted molar refractivity (Wildman–Crippen MR) is 71.5 cm³/mol. The van der Waals surface area contributed by atoms with Gasteiger partial charge in [-0.05, 0) is 31.0 Å². The number of carbonyl (C=O) groups excluding carboxylic acids is 1. The van der Waals surface area contributed by atoms with Gasteiger partial charge in [-0.25, -0.2) is 4.79 Å². The van der Waals surface area contributed by atoms with Crippen LogP contribution in [-0.4, -0.2) is 45.0 Å². The van der Waals surface area contributed by atoms with Gasteiger partial charge in [-0.1, -0.05) is 6.07 Å². The fourth-order valence-electron chi connectivity index (χ4n) is 1.11. The lowest BCUT2D eigenvalue weighted by Gasteiger charge is -2.04. The second kappa shape index (κ2) is 8.76. The highest BCUT2D eigenvalue weighted by Crippen LogP contribution is 2.24. The fourth-order valence-corrected chi connectivity index (χ4v) is 1.11. The summed E-state index contributed by atoms with van der Waals surface area (Å²) in [5.74, 6) is -1.53. The van der Waals surface area contributed by atoms with Gasteiger partial charge in [0.1, 0.15) is 6.10 Å². The Bertz CT molecular complexity index is 458. The Morgan fingerprint density at radius 2 is 1.80 bits per heavy atom. The molecule has 0 aliphatic carbocycles. The number of phenolic OH excluding ortho intramolecular Hbond substituents is 2. The Kier molecular flexibility index (Phi) is 7.76. The van der Waals surface area contributed by atoms with Crippen LogP contribution in [0.5, 0.6) is 11.5 Å². The molecule has 20 heavy (non-hydrogen) atoms. The number of amides is 1. The van der Waals surface area contributed by atoms with Crippen molar-refractivity contribution in [1.29, 1.82) is 0 Å². The van der Waals surface area contributed by atoms with Crippen molar-refractivity contribution in [3.63, 3.8) is 0 Å². The van der Waals surface area contributed by atoms with E-state index in [-0.39, 0.29) is 17.4 Å². The summed E-state index contributed by atoms with van der Waals surface area (Å²) in [5.41, 5.74) is 0.869. The molecule has 0 aromatic heterocycles. The minimum Gasteiger partial charge on any atom is -0.504 e. The molecule has 5 N–H and O–H groups in total. The Hall–Kier alpha value is -2.28. The second-order valence-electron chi connectivity index (χ2n) is 4.07. The minimum absolute atomic E-state index is 0.0759. The molecular formula is C13H19NO6. The van der Waals surface area contributed by atoms with E-state index in [1.807, 2.05) is 0 Å². The van der Waals surface area contributed by atoms with Crippen molar-refractivity contribution in [2.75, 3.05) is 6.54 Å². The maximum atomic E-state index is 10.6. The molecule has 0 heterocycles. The van der Waals surface area contributed by atoms with Crippen LogP contribution in [0.25, 0.3) is 0 Å². The molecule has 0 saturated carbocycles. The van der Waals surface area contributed by atoms with Gasteiger partial charge in [-0.3, -0.25) is 4.79 Å². The Morgan fingerprint density at radius 1 is 1.25 bits per heavy atom. The molecule has 1 unspecified atom stereocenters. The highest BCUT2D eigenvalue weighted by atomic mass is 16.4. The first-order valence-electron chi connectivity index (χ1n) is 5.90. The first kappa shape index (κ1) is 17.7. The van der Waals surface area contributed by atoms with E-state index < -0.39 is 12.1 Å². The number of nitrogens with one attached hydrogen (secondary N) is 1. The summed E-state index contributed by atoms with van der Waals surface area (Å²) < 4.78 is 0. The SMILES string of the molecule is CC(=O)NCCc1ccc(O)c(O)c1.CC(O)C(=O)O. The number of aliphatic carboxylic acids is 1. The number of carbonyl (C=O) groups is 2. The first-order valence-corrected chi connectivity index (χ1v) is 5.90. The van der Waals surface area contributed by atoms with E-state index in [2.05, 4.69) is 5.32 Å². The summed E-state index contributed by atoms with van der Waals surface area (Å²) in [5, 5.41) is 36.6. The quantitative estimate of drug-likeness (QED) is 0.504. The largest absolute Gasteiger partial charge is 0.504 e. The van der Waals surface area contributed by atoms with E-state index in [1.165, 1.54) is 26.0 Å². The smallest absolute Gasteiger partial charge is 0.332 e. The van der Waals surface area contributed by atoms with Gasteiger partial charge in [0.05, 0.1) is 0 Å². The van der Waals surface area contributed by atoms with Crippen LogP contribution in [0.15, 0.2) is 18.2 Å². The third-order valence-electron chi connectivity index (χ3n) is 2.18. The molecule has 0 aliphatic rings. The molecular weight excluding hydrogens is 266 g/mol. The zero-order valence-electron chi connectivity index (χ0n) is 11.3. The van der Waals surface area contributed by atoms with Crippen LogP contribution >= 0.6 is 0 Å². The standard InChI is InChI=1S/C10H13NO3.C3H6O3/c1-7(12)11-5-4-8-2-3-9(13)10(14)6-8;1-2(4)3(5)6/h2-3,6,13-14H,4-5H2,1H3,(H,11,12);2,4H,1H3,(H,5,6). The summed E-state index contributed by atoms with van der Waals surface area (Å²) in [4.78, 5) is 20.0. The number of phenols is 2. The second-order valence-corrected chi connectivity index (χ2v) is 4.07. The lowest BCUT2D eigenvalue weighted by atomic mass is 10.1. The van der Waals surface area contributed by atoms with E-state index in [1.54, 1.807) is 6.07 Å². The van der Waals surface area contributed by atoms with Gasteiger partial charge in [0.2, 0.25) is 5.91 Å². The van der Waals surface area contributed by atoms with Crippen molar-refractivity contribution >= 4 is 11.9 Å². The molecule has 0 aliphatic heterocycles. The van der Waals surface area contributed by atoms with E-state index in [0.717, 1.165) is 5.56 Å². The van der Waals surface area contributed by atoms with Crippen molar-refractivity contribution in [2.45, 2.75) is 26.4 Å². The first-order chi connectivity index (χ1) is 9.23. The van der Waals surface area contributed by atoms with Gasteiger partial charge < -0.3 is 25.7 Å². The predicted octanol–water partition coefficient (Wildman–Crippen LogP) is 0.228. The van der Waals surface area contributed by atoms with Gasteiger partial charge in [-0.15, -0.1) is 0 Å². The third kappa shape index (κ3) is 7.93. The van der Waals surface area contributed by atoms with E-state index in [9.17, 15) is 14.7 Å². The lowest BCUT2D eigenvalue weighted by molar-refractivity contribution is -0.145. The topological polar surface area (TPSA) is 127 Å². The Balaban J connectivity index is 0.000000511. The van der Waals surface area contributed by atoms with E-state index >= 15 is 0 Å². The maximum Gasteiger partial charge on any atom is 0.332 e.